The Balaban J connectivity index is -0.0000000480. The molecule has 4 unspecified atom stereocenters. The van der Waals surface area contributed by atoms with E-state index in [9.17, 15) is 0 Å². The maximum absolute atomic E-state index is 8.56. The molecule has 0 aliphatic rings. The zero-order chi connectivity index (χ0) is 11.7. The second kappa shape index (κ2) is 18.6. The molecule has 0 heterocycles. The van der Waals surface area contributed by atoms with Crippen molar-refractivity contribution in [2.75, 3.05) is 0 Å². The summed E-state index contributed by atoms with van der Waals surface area (Å²) in [7, 11) is 0. The minimum absolute atomic E-state index is 0. The van der Waals surface area contributed by atoms with Gasteiger partial charge in [-0.3, -0.25) is 0 Å². The summed E-state index contributed by atoms with van der Waals surface area (Å²) in [5.41, 5.74) is 0. The smallest absolute Gasteiger partial charge is 0.0536 e. The minimum atomic E-state index is -0.375. The van der Waals surface area contributed by atoms with Gasteiger partial charge in [0.15, 0.2) is 0 Å². The van der Waals surface area contributed by atoms with E-state index < -0.39 is 0 Å². The fourth-order valence-corrected chi connectivity index (χ4v) is 0.987. The van der Waals surface area contributed by atoms with Crippen LogP contribution >= 0.6 is 0 Å². The third kappa shape index (κ3) is 48.5. The first-order chi connectivity index (χ1) is 6.25. The molecule has 0 saturated heterocycles. The second-order valence-electron chi connectivity index (χ2n) is 3.87. The zero-order valence-electron chi connectivity index (χ0n) is 11.0. The molecule has 0 aliphatic carbocycles. The first-order valence-electron chi connectivity index (χ1n) is 4.98. The van der Waals surface area contributed by atoms with E-state index >= 15 is 0 Å². The number of hydrogen-bond acceptors (Lipinski definition) is 4. The van der Waals surface area contributed by atoms with Gasteiger partial charge >= 0.3 is 0 Å². The van der Waals surface area contributed by atoms with Crippen LogP contribution in [0.2, 0.25) is 0 Å². The fraction of sp³-hybridized carbons (Fsp3) is 1.00. The van der Waals surface area contributed by atoms with Crippen LogP contribution < -0.4 is 0 Å². The molecule has 0 fully saturated rings. The van der Waals surface area contributed by atoms with E-state index in [1.54, 1.807) is 27.7 Å². The third-order valence-corrected chi connectivity index (χ3v) is 1.36. The van der Waals surface area contributed by atoms with Crippen molar-refractivity contribution in [1.29, 1.82) is 0 Å². The monoisotopic (exact) mass is 304 g/mol. The van der Waals surface area contributed by atoms with Crippen molar-refractivity contribution in [3.8, 4) is 0 Å². The van der Waals surface area contributed by atoms with Gasteiger partial charge in [0.05, 0.1) is 24.4 Å². The summed E-state index contributed by atoms with van der Waals surface area (Å²) < 4.78 is 0. The molecule has 0 aromatic carbocycles. The van der Waals surface area contributed by atoms with Crippen molar-refractivity contribution in [3.63, 3.8) is 0 Å². The first kappa shape index (κ1) is 30.4. The van der Waals surface area contributed by atoms with E-state index in [2.05, 4.69) is 0 Å². The van der Waals surface area contributed by atoms with E-state index in [0.717, 1.165) is 0 Å². The fourth-order valence-electron chi connectivity index (χ4n) is 0.987. The average molecular weight is 305 g/mol. The molecule has 0 aromatic rings. The summed E-state index contributed by atoms with van der Waals surface area (Å²) in [6.45, 7) is 6.64. The van der Waals surface area contributed by atoms with Gasteiger partial charge in [-0.15, -0.1) is 0 Å². The van der Waals surface area contributed by atoms with Gasteiger partial charge in [0.1, 0.15) is 0 Å². The molecule has 4 atom stereocenters. The van der Waals surface area contributed by atoms with Crippen LogP contribution in [0.1, 0.15) is 40.5 Å². The molecule has 10 N–H and O–H groups in total. The molecule has 0 saturated carbocycles. The van der Waals surface area contributed by atoms with Crippen LogP contribution in [0.4, 0.5) is 0 Å². The Labute approximate surface area is 113 Å². The van der Waals surface area contributed by atoms with Crippen molar-refractivity contribution in [3.05, 3.63) is 0 Å². The van der Waals surface area contributed by atoms with Gasteiger partial charge in [-0.2, -0.15) is 0 Å². The largest absolute Gasteiger partial charge is 0.457 e. The van der Waals surface area contributed by atoms with Crippen molar-refractivity contribution in [1.82, 2.24) is 0 Å². The van der Waals surface area contributed by atoms with Crippen LogP contribution in [0.25, 0.3) is 0 Å². The maximum atomic E-state index is 8.56. The molecular formula is C10H30NiO6+2. The van der Waals surface area contributed by atoms with E-state index in [4.69, 9.17) is 20.4 Å². The van der Waals surface area contributed by atoms with Crippen LogP contribution in [0.3, 0.4) is 0 Å². The molecule has 114 valence electrons. The van der Waals surface area contributed by atoms with Gasteiger partial charge in [-0.05, 0) is 40.5 Å². The van der Waals surface area contributed by atoms with Gasteiger partial charge in [0.25, 0.3) is 0 Å². The molecular weight excluding hydrogens is 275 g/mol. The van der Waals surface area contributed by atoms with E-state index in [0.29, 0.717) is 12.8 Å². The first-order valence-corrected chi connectivity index (χ1v) is 4.98. The third-order valence-electron chi connectivity index (χ3n) is 1.36. The van der Waals surface area contributed by atoms with Crippen LogP contribution in [0, 0.1) is 0 Å². The summed E-state index contributed by atoms with van der Waals surface area (Å²) in [6, 6.07) is 0. The van der Waals surface area contributed by atoms with Crippen molar-refractivity contribution in [2.45, 2.75) is 65.0 Å². The van der Waals surface area contributed by atoms with Crippen molar-refractivity contribution >= 4 is 0 Å². The van der Waals surface area contributed by atoms with E-state index in [1.807, 2.05) is 0 Å². The summed E-state index contributed by atoms with van der Waals surface area (Å²) >= 11 is 0. The zero-order valence-corrected chi connectivity index (χ0v) is 12.0. The summed E-state index contributed by atoms with van der Waals surface area (Å²) in [4.78, 5) is 0. The van der Waals surface area contributed by atoms with Crippen LogP contribution in [-0.2, 0) is 27.4 Å². The standard InChI is InChI=1S/2C5H12O2.Ni.2H2O/c2*1-4(6)3-5(2)7;;;/h2*4-7H,3H2,1-2H3;;2*1H2/p+2. The summed E-state index contributed by atoms with van der Waals surface area (Å²) in [5.74, 6) is 0. The van der Waals surface area contributed by atoms with Gasteiger partial charge in [0, 0.05) is 16.5 Å². The topological polar surface area (TPSA) is 147 Å². The molecule has 6 nitrogen and oxygen atoms in total. The van der Waals surface area contributed by atoms with E-state index in [-0.39, 0.29) is 51.9 Å². The number of aliphatic hydroxyl groups excluding tert-OH is 4. The predicted molar refractivity (Wildman–Crippen MR) is 65.7 cm³/mol. The molecule has 0 radical (unpaired) electrons. The molecule has 0 aromatic heterocycles. The molecule has 17 heavy (non-hydrogen) atoms. The maximum Gasteiger partial charge on any atom is 0.0536 e. The predicted octanol–water partition coefficient (Wildman–Crippen LogP) is -1.57. The summed E-state index contributed by atoms with van der Waals surface area (Å²) in [5, 5.41) is 34.3. The Morgan fingerprint density at radius 1 is 0.588 bits per heavy atom. The van der Waals surface area contributed by atoms with E-state index in [1.165, 1.54) is 0 Å². The van der Waals surface area contributed by atoms with Gasteiger partial charge in [-0.25, -0.2) is 0 Å². The Hall–Kier alpha value is 0.254. The summed E-state index contributed by atoms with van der Waals surface area (Å²) in [6.07, 6.45) is -0.556. The SMILES string of the molecule is CC(O)CC(C)O.CC(O)CC(C)O.[Ni].[OH3+].[OH3+]. The Morgan fingerprint density at radius 3 is 0.706 bits per heavy atom. The van der Waals surface area contributed by atoms with Crippen LogP contribution in [0.5, 0.6) is 0 Å². The Morgan fingerprint density at radius 2 is 0.706 bits per heavy atom. The minimum Gasteiger partial charge on any atom is -0.457 e. The molecule has 0 spiro atoms. The van der Waals surface area contributed by atoms with Crippen LogP contribution in [-0.4, -0.2) is 44.8 Å². The van der Waals surface area contributed by atoms with Gasteiger partial charge < -0.3 is 31.4 Å². The molecule has 0 amide bonds. The van der Waals surface area contributed by atoms with Gasteiger partial charge in [0.2, 0.25) is 0 Å². The molecule has 0 bridgehead atoms. The second-order valence-corrected chi connectivity index (χ2v) is 3.87. The van der Waals surface area contributed by atoms with Crippen LogP contribution in [0.15, 0.2) is 0 Å². The quantitative estimate of drug-likeness (QED) is 0.367. The van der Waals surface area contributed by atoms with Crippen molar-refractivity contribution < 1.29 is 47.9 Å². The van der Waals surface area contributed by atoms with Crippen molar-refractivity contribution in [2.24, 2.45) is 0 Å². The number of hydrogen-bond donors (Lipinski definition) is 4. The number of rotatable bonds is 4. The van der Waals surface area contributed by atoms with Gasteiger partial charge in [-0.1, -0.05) is 0 Å². The molecule has 0 rings (SSSR count). The molecule has 0 aliphatic heterocycles. The number of aliphatic hydroxyl groups is 4. The average Bonchev–Trinajstić information content (AvgIpc) is 1.79. The Kier molecular flexibility index (Phi) is 33.2. The molecule has 7 heteroatoms. The Bertz CT molecular complexity index is 93.4. The normalized spacial score (nSPS) is 15.5.